The van der Waals surface area contributed by atoms with E-state index in [-0.39, 0.29) is 22.9 Å². The van der Waals surface area contributed by atoms with Gasteiger partial charge in [-0.25, -0.2) is 4.79 Å². The van der Waals surface area contributed by atoms with E-state index in [1.807, 2.05) is 18.2 Å². The quantitative estimate of drug-likeness (QED) is 0.646. The smallest absolute Gasteiger partial charge is 0.337 e. The third-order valence-corrected chi connectivity index (χ3v) is 4.04. The van der Waals surface area contributed by atoms with Gasteiger partial charge in [-0.3, -0.25) is 4.79 Å². The number of aryl methyl sites for hydroxylation is 1. The molecule has 1 aromatic heterocycles. The van der Waals surface area contributed by atoms with Crippen LogP contribution in [0.2, 0.25) is 5.02 Å². The molecule has 6 nitrogen and oxygen atoms in total. The lowest BCUT2D eigenvalue weighted by Gasteiger charge is -2.13. The van der Waals surface area contributed by atoms with Gasteiger partial charge in [-0.05, 0) is 61.0 Å². The van der Waals surface area contributed by atoms with E-state index in [1.54, 1.807) is 37.5 Å². The summed E-state index contributed by atoms with van der Waals surface area (Å²) in [6, 6.07) is 13.6. The molecule has 0 unspecified atom stereocenters. The van der Waals surface area contributed by atoms with E-state index in [2.05, 4.69) is 5.32 Å². The van der Waals surface area contributed by atoms with Crippen LogP contribution >= 0.6 is 11.6 Å². The van der Waals surface area contributed by atoms with Crippen LogP contribution < -0.4 is 10.1 Å². The number of hydrogen-bond acceptors (Lipinski definition) is 4. The summed E-state index contributed by atoms with van der Waals surface area (Å²) in [6.07, 6.45) is 1.59. The number of carbonyl (C=O) groups excluding carboxylic acids is 1. The van der Waals surface area contributed by atoms with Crippen molar-refractivity contribution >= 4 is 29.2 Å². The average molecular weight is 386 g/mol. The molecule has 1 heterocycles. The van der Waals surface area contributed by atoms with Crippen molar-refractivity contribution < 1.29 is 23.8 Å². The average Bonchev–Trinajstić information content (AvgIpc) is 3.17. The number of hydrogen-bond donors (Lipinski definition) is 2. The molecule has 2 N–H and O–H groups in total. The molecule has 0 saturated carbocycles. The number of anilines is 1. The molecular formula is C20H16ClNO5. The maximum atomic E-state index is 12.2. The van der Waals surface area contributed by atoms with Crippen LogP contribution in [0.5, 0.6) is 5.75 Å². The molecule has 27 heavy (non-hydrogen) atoms. The molecule has 2 aromatic carbocycles. The van der Waals surface area contributed by atoms with Crippen molar-refractivity contribution in [2.24, 2.45) is 0 Å². The maximum absolute atomic E-state index is 12.2. The molecule has 0 bridgehead atoms. The number of benzene rings is 2. The molecule has 138 valence electrons. The van der Waals surface area contributed by atoms with Crippen molar-refractivity contribution in [1.82, 2.24) is 0 Å². The zero-order valence-corrected chi connectivity index (χ0v) is 15.1. The minimum Gasteiger partial charge on any atom is -0.484 e. The highest BCUT2D eigenvalue weighted by atomic mass is 35.5. The summed E-state index contributed by atoms with van der Waals surface area (Å²) >= 11 is 5.89. The topological polar surface area (TPSA) is 88.8 Å². The Morgan fingerprint density at radius 2 is 1.93 bits per heavy atom. The van der Waals surface area contributed by atoms with Crippen LogP contribution in [0.15, 0.2) is 59.2 Å². The van der Waals surface area contributed by atoms with Crippen LogP contribution in [0.25, 0.3) is 11.3 Å². The van der Waals surface area contributed by atoms with Gasteiger partial charge in [0.05, 0.1) is 17.5 Å². The Labute approximate surface area is 160 Å². The van der Waals surface area contributed by atoms with Gasteiger partial charge >= 0.3 is 5.97 Å². The lowest BCUT2D eigenvalue weighted by atomic mass is 10.1. The first-order chi connectivity index (χ1) is 12.9. The first kappa shape index (κ1) is 18.5. The van der Waals surface area contributed by atoms with Gasteiger partial charge in [0.15, 0.2) is 6.61 Å². The number of carboxylic acid groups (broad SMARTS) is 1. The van der Waals surface area contributed by atoms with E-state index in [1.165, 1.54) is 6.07 Å². The van der Waals surface area contributed by atoms with E-state index in [0.717, 1.165) is 11.3 Å². The second-order valence-corrected chi connectivity index (χ2v) is 6.23. The monoisotopic (exact) mass is 385 g/mol. The van der Waals surface area contributed by atoms with Crippen molar-refractivity contribution in [3.63, 3.8) is 0 Å². The number of amides is 1. The molecule has 3 aromatic rings. The normalized spacial score (nSPS) is 10.4. The van der Waals surface area contributed by atoms with Crippen LogP contribution in [0.1, 0.15) is 15.9 Å². The number of furan rings is 1. The molecule has 0 spiro atoms. The number of ether oxygens (including phenoxy) is 1. The van der Waals surface area contributed by atoms with E-state index in [4.69, 9.17) is 20.8 Å². The highest BCUT2D eigenvalue weighted by Gasteiger charge is 2.16. The summed E-state index contributed by atoms with van der Waals surface area (Å²) in [6.45, 7) is 1.41. The van der Waals surface area contributed by atoms with Crippen LogP contribution in [0, 0.1) is 6.92 Å². The van der Waals surface area contributed by atoms with E-state index >= 15 is 0 Å². The Hall–Kier alpha value is -3.25. The third-order valence-electron chi connectivity index (χ3n) is 3.83. The Balaban J connectivity index is 1.64. The van der Waals surface area contributed by atoms with Crippen LogP contribution in [0.3, 0.4) is 0 Å². The van der Waals surface area contributed by atoms with Gasteiger partial charge in [0.2, 0.25) is 0 Å². The predicted molar refractivity (Wildman–Crippen MR) is 101 cm³/mol. The van der Waals surface area contributed by atoms with E-state index in [9.17, 15) is 14.7 Å². The van der Waals surface area contributed by atoms with Gasteiger partial charge in [0, 0.05) is 10.6 Å². The molecule has 0 fully saturated rings. The molecular weight excluding hydrogens is 370 g/mol. The van der Waals surface area contributed by atoms with Crippen molar-refractivity contribution in [3.05, 3.63) is 70.9 Å². The van der Waals surface area contributed by atoms with Crippen molar-refractivity contribution in [3.8, 4) is 17.1 Å². The fourth-order valence-electron chi connectivity index (χ4n) is 2.56. The van der Waals surface area contributed by atoms with Gasteiger partial charge in [-0.15, -0.1) is 0 Å². The first-order valence-electron chi connectivity index (χ1n) is 8.04. The fraction of sp³-hybridized carbons (Fsp3) is 0.100. The summed E-state index contributed by atoms with van der Waals surface area (Å²) in [5.74, 6) is -0.409. The zero-order chi connectivity index (χ0) is 19.4. The Morgan fingerprint density at radius 1 is 1.19 bits per heavy atom. The minimum atomic E-state index is -1.18. The standard InChI is InChI=1S/C20H16ClNO5/c1-12-9-14(21)10-16(20(24)25)19(12)22-18(23)11-27-15-6-4-13(5-7-15)17-3-2-8-26-17/h2-10H,11H2,1H3,(H,22,23)(H,24,25). The molecule has 3 rings (SSSR count). The predicted octanol–water partition coefficient (Wildman–Crippen LogP) is 4.62. The summed E-state index contributed by atoms with van der Waals surface area (Å²) in [5.41, 5.74) is 1.57. The molecule has 0 radical (unpaired) electrons. The number of aromatic carboxylic acids is 1. The summed E-state index contributed by atoms with van der Waals surface area (Å²) < 4.78 is 10.8. The maximum Gasteiger partial charge on any atom is 0.337 e. The second kappa shape index (κ2) is 7.97. The van der Waals surface area contributed by atoms with E-state index < -0.39 is 11.9 Å². The number of halogens is 1. The number of carbonyl (C=O) groups is 2. The molecule has 0 aliphatic carbocycles. The van der Waals surface area contributed by atoms with Gasteiger partial charge in [-0.1, -0.05) is 11.6 Å². The Morgan fingerprint density at radius 3 is 2.56 bits per heavy atom. The molecule has 0 saturated heterocycles. The van der Waals surface area contributed by atoms with Gasteiger partial charge in [0.25, 0.3) is 5.91 Å². The highest BCUT2D eigenvalue weighted by Crippen LogP contribution is 2.26. The molecule has 1 amide bonds. The summed E-state index contributed by atoms with van der Waals surface area (Å²) in [7, 11) is 0. The second-order valence-electron chi connectivity index (χ2n) is 5.79. The van der Waals surface area contributed by atoms with Crippen LogP contribution in [-0.2, 0) is 4.79 Å². The van der Waals surface area contributed by atoms with Crippen molar-refractivity contribution in [2.75, 3.05) is 11.9 Å². The van der Waals surface area contributed by atoms with Crippen LogP contribution in [0.4, 0.5) is 5.69 Å². The van der Waals surface area contributed by atoms with Gasteiger partial charge in [0.1, 0.15) is 11.5 Å². The lowest BCUT2D eigenvalue weighted by molar-refractivity contribution is -0.118. The number of rotatable bonds is 6. The largest absolute Gasteiger partial charge is 0.484 e. The van der Waals surface area contributed by atoms with Crippen molar-refractivity contribution in [2.45, 2.75) is 6.92 Å². The summed E-state index contributed by atoms with van der Waals surface area (Å²) in [4.78, 5) is 23.5. The van der Waals surface area contributed by atoms with Crippen LogP contribution in [-0.4, -0.2) is 23.6 Å². The van der Waals surface area contributed by atoms with E-state index in [0.29, 0.717) is 11.3 Å². The minimum absolute atomic E-state index is 0.0730. The molecule has 0 atom stereocenters. The van der Waals surface area contributed by atoms with Gasteiger partial charge in [-0.2, -0.15) is 0 Å². The Kier molecular flexibility index (Phi) is 5.47. The number of nitrogens with one attached hydrogen (secondary N) is 1. The third kappa shape index (κ3) is 4.48. The zero-order valence-electron chi connectivity index (χ0n) is 14.4. The molecule has 0 aliphatic heterocycles. The van der Waals surface area contributed by atoms with Crippen molar-refractivity contribution in [1.29, 1.82) is 0 Å². The SMILES string of the molecule is Cc1cc(Cl)cc(C(=O)O)c1NC(=O)COc1ccc(-c2ccco2)cc1. The number of carboxylic acids is 1. The Bertz CT molecular complexity index is 965. The summed E-state index contributed by atoms with van der Waals surface area (Å²) in [5, 5.41) is 12.2. The highest BCUT2D eigenvalue weighted by molar-refractivity contribution is 6.31. The molecule has 0 aliphatic rings. The first-order valence-corrected chi connectivity index (χ1v) is 8.42. The molecule has 7 heteroatoms. The fourth-order valence-corrected chi connectivity index (χ4v) is 2.83. The van der Waals surface area contributed by atoms with Gasteiger partial charge < -0.3 is 19.6 Å². The lowest BCUT2D eigenvalue weighted by Crippen LogP contribution is -2.22.